The first-order valence-corrected chi connectivity index (χ1v) is 11.3. The van der Waals surface area contributed by atoms with E-state index < -0.39 is 17.8 Å². The zero-order valence-electron chi connectivity index (χ0n) is 18.7. The highest BCUT2D eigenvalue weighted by atomic mass is 16.5. The second-order valence-corrected chi connectivity index (χ2v) is 8.92. The molecule has 0 radical (unpaired) electrons. The molecule has 3 N–H and O–H groups in total. The van der Waals surface area contributed by atoms with E-state index in [9.17, 15) is 20.1 Å². The van der Waals surface area contributed by atoms with Crippen LogP contribution in [0, 0.1) is 11.8 Å². The fourth-order valence-electron chi connectivity index (χ4n) is 3.90. The number of hydrogen-bond donors (Lipinski definition) is 3. The summed E-state index contributed by atoms with van der Waals surface area (Å²) in [5.41, 5.74) is -0.882. The Kier molecular flexibility index (Phi) is 11.8. The maximum absolute atomic E-state index is 11.5. The molecule has 1 saturated carbocycles. The zero-order valence-corrected chi connectivity index (χ0v) is 18.7. The first-order valence-electron chi connectivity index (χ1n) is 11.3. The lowest BCUT2D eigenvalue weighted by Gasteiger charge is -2.23. The Bertz CT molecular complexity index is 523. The second-order valence-electron chi connectivity index (χ2n) is 8.92. The van der Waals surface area contributed by atoms with E-state index >= 15 is 0 Å². The van der Waals surface area contributed by atoms with Crippen molar-refractivity contribution < 1.29 is 24.9 Å². The van der Waals surface area contributed by atoms with Crippen LogP contribution >= 0.6 is 0 Å². The minimum absolute atomic E-state index is 0.0603. The smallest absolute Gasteiger partial charge is 0.306 e. The van der Waals surface area contributed by atoms with Crippen molar-refractivity contribution in [3.8, 4) is 0 Å². The van der Waals surface area contributed by atoms with Gasteiger partial charge in [0.05, 0.1) is 23.9 Å². The van der Waals surface area contributed by atoms with Crippen molar-refractivity contribution in [3.05, 3.63) is 24.3 Å². The van der Waals surface area contributed by atoms with E-state index in [-0.39, 0.29) is 23.9 Å². The van der Waals surface area contributed by atoms with Crippen LogP contribution in [0.5, 0.6) is 0 Å². The molecule has 0 aromatic heterocycles. The number of rotatable bonds is 13. The Labute approximate surface area is 176 Å². The lowest BCUT2D eigenvalue weighted by Crippen LogP contribution is -2.24. The summed E-state index contributed by atoms with van der Waals surface area (Å²) in [5, 5.41) is 31.2. The molecule has 1 rings (SSSR count). The van der Waals surface area contributed by atoms with Crippen LogP contribution in [0.15, 0.2) is 24.3 Å². The molecule has 1 aliphatic carbocycles. The summed E-state index contributed by atoms with van der Waals surface area (Å²) >= 11 is 0. The number of ether oxygens (including phenoxy) is 1. The van der Waals surface area contributed by atoms with Crippen LogP contribution in [0.1, 0.15) is 85.5 Å². The number of allylic oxidation sites excluding steroid dienone is 2. The number of aliphatic hydroxyl groups is 3. The fraction of sp³-hybridized carbons (Fsp3) is 0.792. The van der Waals surface area contributed by atoms with Gasteiger partial charge in [0.1, 0.15) is 0 Å². The third kappa shape index (κ3) is 10.4. The first kappa shape index (κ1) is 25.9. The van der Waals surface area contributed by atoms with Crippen LogP contribution in [0.2, 0.25) is 0 Å². The van der Waals surface area contributed by atoms with Crippen LogP contribution in [0.3, 0.4) is 0 Å². The molecule has 0 amide bonds. The summed E-state index contributed by atoms with van der Waals surface area (Å²) in [6.45, 7) is 7.62. The van der Waals surface area contributed by atoms with E-state index in [0.717, 1.165) is 32.1 Å². The molecule has 0 saturated heterocycles. The van der Waals surface area contributed by atoms with E-state index in [2.05, 4.69) is 6.92 Å². The van der Waals surface area contributed by atoms with Crippen molar-refractivity contribution in [3.63, 3.8) is 0 Å². The number of carbonyl (C=O) groups excluding carboxylic acids is 1. The molecule has 0 heterocycles. The van der Waals surface area contributed by atoms with E-state index in [1.165, 1.54) is 0 Å². The van der Waals surface area contributed by atoms with E-state index in [0.29, 0.717) is 25.7 Å². The predicted molar refractivity (Wildman–Crippen MR) is 116 cm³/mol. The molecule has 168 valence electrons. The van der Waals surface area contributed by atoms with Gasteiger partial charge in [-0.2, -0.15) is 0 Å². The van der Waals surface area contributed by atoms with Crippen molar-refractivity contribution in [2.24, 2.45) is 11.8 Å². The van der Waals surface area contributed by atoms with Gasteiger partial charge in [0, 0.05) is 18.8 Å². The van der Waals surface area contributed by atoms with Crippen molar-refractivity contribution in [1.82, 2.24) is 0 Å². The van der Waals surface area contributed by atoms with Gasteiger partial charge in [0.15, 0.2) is 0 Å². The minimum atomic E-state index is -0.882. The largest absolute Gasteiger partial charge is 0.463 e. The maximum atomic E-state index is 11.5. The predicted octanol–water partition coefficient (Wildman–Crippen LogP) is 4.30. The Morgan fingerprint density at radius 2 is 1.90 bits per heavy atom. The monoisotopic (exact) mass is 410 g/mol. The molecule has 5 atom stereocenters. The summed E-state index contributed by atoms with van der Waals surface area (Å²) in [6.07, 6.45) is 13.4. The summed E-state index contributed by atoms with van der Waals surface area (Å²) in [4.78, 5) is 11.5. The molecule has 0 unspecified atom stereocenters. The van der Waals surface area contributed by atoms with Gasteiger partial charge in [-0.05, 0) is 52.4 Å². The Morgan fingerprint density at radius 3 is 2.55 bits per heavy atom. The Morgan fingerprint density at radius 1 is 1.17 bits per heavy atom. The number of unbranched alkanes of at least 4 members (excludes halogenated alkanes) is 3. The SMILES string of the molecule is CCCCC[C@](C)(O)/C=C/[C@@H]1[C@@H](C/C=C/CCCC(=O)OC(C)C)[C@@H](O)C[C@H]1O. The molecule has 0 aromatic rings. The van der Waals surface area contributed by atoms with Crippen LogP contribution in [0.25, 0.3) is 0 Å². The third-order valence-electron chi connectivity index (χ3n) is 5.57. The van der Waals surface area contributed by atoms with Gasteiger partial charge in [-0.3, -0.25) is 4.79 Å². The molecule has 5 nitrogen and oxygen atoms in total. The summed E-state index contributed by atoms with van der Waals surface area (Å²) in [6, 6.07) is 0. The van der Waals surface area contributed by atoms with Gasteiger partial charge in [-0.1, -0.05) is 50.5 Å². The molecule has 5 heteroatoms. The van der Waals surface area contributed by atoms with Gasteiger partial charge in [-0.15, -0.1) is 0 Å². The van der Waals surface area contributed by atoms with Gasteiger partial charge >= 0.3 is 5.97 Å². The fourth-order valence-corrected chi connectivity index (χ4v) is 3.90. The van der Waals surface area contributed by atoms with Crippen LogP contribution < -0.4 is 0 Å². The molecular weight excluding hydrogens is 368 g/mol. The van der Waals surface area contributed by atoms with Crippen molar-refractivity contribution >= 4 is 5.97 Å². The normalized spacial score (nSPS) is 27.2. The highest BCUT2D eigenvalue weighted by Gasteiger charge is 2.39. The van der Waals surface area contributed by atoms with E-state index in [1.54, 1.807) is 13.0 Å². The van der Waals surface area contributed by atoms with Crippen molar-refractivity contribution in [2.75, 3.05) is 0 Å². The third-order valence-corrected chi connectivity index (χ3v) is 5.57. The average Bonchev–Trinajstić information content (AvgIpc) is 2.88. The Balaban J connectivity index is 2.49. The lowest BCUT2D eigenvalue weighted by atomic mass is 9.88. The van der Waals surface area contributed by atoms with Crippen LogP contribution in [-0.2, 0) is 9.53 Å². The lowest BCUT2D eigenvalue weighted by molar-refractivity contribution is -0.147. The maximum Gasteiger partial charge on any atom is 0.306 e. The zero-order chi connectivity index (χ0) is 21.9. The quantitative estimate of drug-likeness (QED) is 0.239. The van der Waals surface area contributed by atoms with Crippen molar-refractivity contribution in [1.29, 1.82) is 0 Å². The molecule has 1 fully saturated rings. The van der Waals surface area contributed by atoms with Crippen molar-refractivity contribution in [2.45, 2.75) is 109 Å². The Hall–Kier alpha value is -1.17. The molecular formula is C24H42O5. The second kappa shape index (κ2) is 13.2. The first-order chi connectivity index (χ1) is 13.7. The number of hydrogen-bond acceptors (Lipinski definition) is 5. The highest BCUT2D eigenvalue weighted by molar-refractivity contribution is 5.69. The number of carbonyl (C=O) groups is 1. The van der Waals surface area contributed by atoms with Gasteiger partial charge in [0.2, 0.25) is 0 Å². The highest BCUT2D eigenvalue weighted by Crippen LogP contribution is 2.37. The van der Waals surface area contributed by atoms with Gasteiger partial charge < -0.3 is 20.1 Å². The standard InChI is InChI=1S/C24H42O5/c1-5-6-11-15-24(4,28)16-14-20-19(21(25)17-22(20)26)12-9-7-8-10-13-23(27)29-18(2)3/h7,9,14,16,18-22,25-26,28H,5-6,8,10-13,15,17H2,1-4H3/b9-7+,16-14+/t19-,20-,21+,22-,24+/m1/s1. The van der Waals surface area contributed by atoms with Gasteiger partial charge in [-0.25, -0.2) is 0 Å². The van der Waals surface area contributed by atoms with E-state index in [1.807, 2.05) is 32.1 Å². The molecule has 1 aliphatic rings. The number of aliphatic hydroxyl groups excluding tert-OH is 2. The molecule has 0 aromatic carbocycles. The average molecular weight is 411 g/mol. The van der Waals surface area contributed by atoms with Gasteiger partial charge in [0.25, 0.3) is 0 Å². The molecule has 0 aliphatic heterocycles. The summed E-state index contributed by atoms with van der Waals surface area (Å²) < 4.78 is 5.11. The molecule has 29 heavy (non-hydrogen) atoms. The molecule has 0 bridgehead atoms. The number of esters is 1. The van der Waals surface area contributed by atoms with Crippen LogP contribution in [-0.4, -0.2) is 45.2 Å². The minimum Gasteiger partial charge on any atom is -0.463 e. The molecule has 0 spiro atoms. The van der Waals surface area contributed by atoms with Crippen LogP contribution in [0.4, 0.5) is 0 Å². The summed E-state index contributed by atoms with van der Waals surface area (Å²) in [7, 11) is 0. The summed E-state index contributed by atoms with van der Waals surface area (Å²) in [5.74, 6) is -0.387. The van der Waals surface area contributed by atoms with E-state index in [4.69, 9.17) is 4.74 Å². The topological polar surface area (TPSA) is 87.0 Å².